The third-order valence-electron chi connectivity index (χ3n) is 3.82. The summed E-state index contributed by atoms with van der Waals surface area (Å²) in [5.41, 5.74) is 1.64. The van der Waals surface area contributed by atoms with Crippen molar-refractivity contribution in [1.82, 2.24) is 19.6 Å². The van der Waals surface area contributed by atoms with E-state index in [2.05, 4.69) is 20.4 Å². The lowest BCUT2D eigenvalue weighted by Crippen LogP contribution is -2.15. The van der Waals surface area contributed by atoms with Crippen LogP contribution in [0.1, 0.15) is 0 Å². The molecule has 0 saturated heterocycles. The number of fused-ring (bicyclic) bond motifs is 1. The molecule has 0 aliphatic rings. The molecule has 0 aliphatic carbocycles. The van der Waals surface area contributed by atoms with Gasteiger partial charge in [-0.2, -0.15) is 0 Å². The highest BCUT2D eigenvalue weighted by atomic mass is 35.5. The zero-order chi connectivity index (χ0) is 19.5. The second-order valence-electron chi connectivity index (χ2n) is 5.85. The minimum Gasteiger partial charge on any atom is -0.325 e. The number of hydrogen-bond donors (Lipinski definition) is 2. The van der Waals surface area contributed by atoms with E-state index in [-0.39, 0.29) is 17.2 Å². The molecular formula is C19H14ClN5O2S. The van der Waals surface area contributed by atoms with Crippen LogP contribution in [0.3, 0.4) is 0 Å². The fraction of sp³-hybridized carbons (Fsp3) is 0.0526. The highest BCUT2D eigenvalue weighted by Gasteiger charge is 2.13. The molecule has 0 unspecified atom stereocenters. The van der Waals surface area contributed by atoms with Crippen molar-refractivity contribution >= 4 is 40.6 Å². The Labute approximate surface area is 168 Å². The van der Waals surface area contributed by atoms with Gasteiger partial charge in [0, 0.05) is 22.3 Å². The first-order chi connectivity index (χ1) is 13.6. The Morgan fingerprint density at radius 3 is 2.61 bits per heavy atom. The molecule has 4 aromatic rings. The fourth-order valence-corrected chi connectivity index (χ4v) is 3.43. The number of rotatable bonds is 5. The number of halogens is 1. The van der Waals surface area contributed by atoms with Crippen molar-refractivity contribution in [3.05, 3.63) is 76.0 Å². The van der Waals surface area contributed by atoms with Crippen molar-refractivity contribution in [1.29, 1.82) is 0 Å². The van der Waals surface area contributed by atoms with Crippen LogP contribution in [0, 0.1) is 0 Å². The minimum absolute atomic E-state index is 0.114. The number of amides is 1. The lowest BCUT2D eigenvalue weighted by molar-refractivity contribution is -0.113. The number of anilines is 1. The monoisotopic (exact) mass is 411 g/mol. The van der Waals surface area contributed by atoms with Crippen molar-refractivity contribution in [3.63, 3.8) is 0 Å². The van der Waals surface area contributed by atoms with E-state index in [0.717, 1.165) is 5.56 Å². The highest BCUT2D eigenvalue weighted by molar-refractivity contribution is 7.99. The first-order valence-electron chi connectivity index (χ1n) is 8.32. The van der Waals surface area contributed by atoms with Crippen LogP contribution in [-0.2, 0) is 4.79 Å². The second-order valence-corrected chi connectivity index (χ2v) is 7.23. The molecule has 1 amide bonds. The zero-order valence-corrected chi connectivity index (χ0v) is 16.0. The van der Waals surface area contributed by atoms with E-state index < -0.39 is 0 Å². The molecule has 2 heterocycles. The first kappa shape index (κ1) is 18.3. The lowest BCUT2D eigenvalue weighted by Gasteiger charge is -2.08. The second kappa shape index (κ2) is 7.87. The van der Waals surface area contributed by atoms with Gasteiger partial charge in [0.15, 0.2) is 16.6 Å². The summed E-state index contributed by atoms with van der Waals surface area (Å²) in [4.78, 5) is 33.0. The lowest BCUT2D eigenvalue weighted by atomic mass is 10.2. The number of aromatic amines is 1. The smallest absolute Gasteiger partial charge is 0.266 e. The van der Waals surface area contributed by atoms with Gasteiger partial charge >= 0.3 is 0 Å². The first-order valence-corrected chi connectivity index (χ1v) is 9.68. The van der Waals surface area contributed by atoms with Gasteiger partial charge in [0.25, 0.3) is 5.56 Å². The van der Waals surface area contributed by atoms with Crippen LogP contribution < -0.4 is 10.9 Å². The molecule has 28 heavy (non-hydrogen) atoms. The van der Waals surface area contributed by atoms with E-state index in [4.69, 9.17) is 11.6 Å². The van der Waals surface area contributed by atoms with E-state index in [1.165, 1.54) is 22.3 Å². The van der Waals surface area contributed by atoms with Gasteiger partial charge in [-0.3, -0.25) is 14.7 Å². The summed E-state index contributed by atoms with van der Waals surface area (Å²) in [5.74, 6) is 0.401. The number of carbonyl (C=O) groups is 1. The fourth-order valence-electron chi connectivity index (χ4n) is 2.56. The summed E-state index contributed by atoms with van der Waals surface area (Å²) in [6.07, 6.45) is 0. The normalized spacial score (nSPS) is 10.9. The van der Waals surface area contributed by atoms with Gasteiger partial charge < -0.3 is 5.32 Å². The molecule has 4 rings (SSSR count). The number of aromatic nitrogens is 4. The number of benzene rings is 2. The summed E-state index contributed by atoms with van der Waals surface area (Å²) in [7, 11) is 0. The van der Waals surface area contributed by atoms with Gasteiger partial charge in [-0.1, -0.05) is 53.7 Å². The molecule has 0 atom stereocenters. The topological polar surface area (TPSA) is 92.2 Å². The van der Waals surface area contributed by atoms with Crippen LogP contribution in [0.2, 0.25) is 5.02 Å². The third-order valence-corrected chi connectivity index (χ3v) is 5.01. The van der Waals surface area contributed by atoms with Gasteiger partial charge in [0.05, 0.1) is 5.75 Å². The molecule has 140 valence electrons. The predicted octanol–water partition coefficient (Wildman–Crippen LogP) is 3.47. The number of H-pyrrole nitrogens is 1. The molecule has 0 aliphatic heterocycles. The van der Waals surface area contributed by atoms with Crippen LogP contribution in [-0.4, -0.2) is 31.2 Å². The summed E-state index contributed by atoms with van der Waals surface area (Å²) in [6, 6.07) is 17.7. The molecule has 2 aromatic carbocycles. The van der Waals surface area contributed by atoms with E-state index in [9.17, 15) is 9.59 Å². The van der Waals surface area contributed by atoms with Gasteiger partial charge in [-0.05, 0) is 24.3 Å². The van der Waals surface area contributed by atoms with Gasteiger partial charge in [0.1, 0.15) is 0 Å². The molecule has 9 heteroatoms. The standard InChI is InChI=1S/C19H14ClN5O2S/c20-13-6-8-14(9-7-13)21-17(27)11-28-19-23-18(12-4-2-1-3-5-12)22-15-10-16(26)24-25(15)19/h1-10H,11H2,(H,21,27)(H,24,26). The maximum atomic E-state index is 12.3. The summed E-state index contributed by atoms with van der Waals surface area (Å²) < 4.78 is 1.48. The van der Waals surface area contributed by atoms with Gasteiger partial charge in [-0.25, -0.2) is 14.5 Å². The largest absolute Gasteiger partial charge is 0.325 e. The quantitative estimate of drug-likeness (QED) is 0.490. The average Bonchev–Trinajstić information content (AvgIpc) is 3.09. The SMILES string of the molecule is O=C(CSc1nc(-c2ccccc2)nc2cc(=O)[nH]n12)Nc1ccc(Cl)cc1. The number of nitrogens with one attached hydrogen (secondary N) is 2. The van der Waals surface area contributed by atoms with Crippen molar-refractivity contribution in [3.8, 4) is 11.4 Å². The summed E-state index contributed by atoms with van der Waals surface area (Å²) in [5, 5.41) is 6.52. The van der Waals surface area contributed by atoms with Crippen LogP contribution in [0.4, 0.5) is 5.69 Å². The third kappa shape index (κ3) is 4.08. The van der Waals surface area contributed by atoms with Crippen LogP contribution in [0.5, 0.6) is 0 Å². The molecule has 0 bridgehead atoms. The van der Waals surface area contributed by atoms with Crippen molar-refractivity contribution in [2.75, 3.05) is 11.1 Å². The predicted molar refractivity (Wildman–Crippen MR) is 110 cm³/mol. The molecule has 0 saturated carbocycles. The molecule has 7 nitrogen and oxygen atoms in total. The maximum Gasteiger partial charge on any atom is 0.266 e. The van der Waals surface area contributed by atoms with Gasteiger partial charge in [-0.15, -0.1) is 0 Å². The van der Waals surface area contributed by atoms with Crippen LogP contribution in [0.25, 0.3) is 17.0 Å². The van der Waals surface area contributed by atoms with Crippen LogP contribution >= 0.6 is 23.4 Å². The Hall–Kier alpha value is -3.10. The molecule has 0 radical (unpaired) electrons. The molecule has 0 fully saturated rings. The Bertz CT molecular complexity index is 1190. The molecular weight excluding hydrogens is 398 g/mol. The molecule has 2 N–H and O–H groups in total. The summed E-state index contributed by atoms with van der Waals surface area (Å²) >= 11 is 7.06. The number of thioether (sulfide) groups is 1. The Kier molecular flexibility index (Phi) is 5.14. The highest BCUT2D eigenvalue weighted by Crippen LogP contribution is 2.21. The van der Waals surface area contributed by atoms with Gasteiger partial charge in [0.2, 0.25) is 5.91 Å². The maximum absolute atomic E-state index is 12.3. The zero-order valence-electron chi connectivity index (χ0n) is 14.4. The van der Waals surface area contributed by atoms with Crippen LogP contribution in [0.15, 0.2) is 70.6 Å². The molecule has 0 spiro atoms. The Morgan fingerprint density at radius 2 is 1.86 bits per heavy atom. The molecule has 2 aromatic heterocycles. The minimum atomic E-state index is -0.285. The summed E-state index contributed by atoms with van der Waals surface area (Å²) in [6.45, 7) is 0. The van der Waals surface area contributed by atoms with Crippen molar-refractivity contribution in [2.24, 2.45) is 0 Å². The van der Waals surface area contributed by atoms with Crippen molar-refractivity contribution in [2.45, 2.75) is 5.16 Å². The number of nitrogens with zero attached hydrogens (tertiary/aromatic N) is 3. The van der Waals surface area contributed by atoms with E-state index in [1.54, 1.807) is 24.3 Å². The van der Waals surface area contributed by atoms with E-state index >= 15 is 0 Å². The van der Waals surface area contributed by atoms with E-state index in [1.807, 2.05) is 30.3 Å². The van der Waals surface area contributed by atoms with E-state index in [0.29, 0.717) is 27.3 Å². The van der Waals surface area contributed by atoms with Crippen molar-refractivity contribution < 1.29 is 4.79 Å². The average molecular weight is 412 g/mol. The number of carbonyl (C=O) groups excluding carboxylic acids is 1. The Morgan fingerprint density at radius 1 is 1.11 bits per heavy atom. The number of hydrogen-bond acceptors (Lipinski definition) is 5. The Balaban J connectivity index is 1.58.